The number of hydrogen-bond donors (Lipinski definition) is 0. The van der Waals surface area contributed by atoms with E-state index >= 15 is 0 Å². The molecule has 0 bridgehead atoms. The molecule has 178 valence electrons. The first-order valence-electron chi connectivity index (χ1n) is 10.6. The first-order valence-corrected chi connectivity index (χ1v) is 10.6. The molecule has 2 aliphatic carbocycles. The lowest BCUT2D eigenvalue weighted by Crippen LogP contribution is -2.37. The van der Waals surface area contributed by atoms with Crippen LogP contribution in [0.25, 0.3) is 0 Å². The van der Waals surface area contributed by atoms with Crippen LogP contribution >= 0.6 is 0 Å². The molecule has 2 fully saturated rings. The highest BCUT2D eigenvalue weighted by molar-refractivity contribution is 5.96. The van der Waals surface area contributed by atoms with Gasteiger partial charge in [-0.25, -0.2) is 9.59 Å². The molecular formula is C21H28F6O4. The van der Waals surface area contributed by atoms with Crippen LogP contribution in [0.4, 0.5) is 26.3 Å². The van der Waals surface area contributed by atoms with Gasteiger partial charge in [-0.3, -0.25) is 0 Å². The van der Waals surface area contributed by atoms with E-state index in [-0.39, 0.29) is 31.3 Å². The molecule has 4 nitrogen and oxygen atoms in total. The van der Waals surface area contributed by atoms with E-state index in [2.05, 4.69) is 0 Å². The third-order valence-electron chi connectivity index (χ3n) is 5.93. The minimum Gasteiger partial charge on any atom is -0.459 e. The van der Waals surface area contributed by atoms with Crippen molar-refractivity contribution in [3.63, 3.8) is 0 Å². The summed E-state index contributed by atoms with van der Waals surface area (Å²) in [6, 6.07) is 0. The largest absolute Gasteiger partial charge is 0.459 e. The van der Waals surface area contributed by atoms with Gasteiger partial charge in [0.1, 0.15) is 12.2 Å². The van der Waals surface area contributed by atoms with Gasteiger partial charge in [0.2, 0.25) is 0 Å². The summed E-state index contributed by atoms with van der Waals surface area (Å²) in [5.74, 6) is -5.80. The SMILES string of the molecule is C/C(=C\C(=O)OC1CCCCCC1C(F)(F)F)C(=O)OC1CCCCCC1C(F)(F)F. The molecule has 31 heavy (non-hydrogen) atoms. The molecule has 2 aliphatic rings. The van der Waals surface area contributed by atoms with Gasteiger partial charge in [0.15, 0.2) is 0 Å². The smallest absolute Gasteiger partial charge is 0.395 e. The molecule has 0 N–H and O–H groups in total. The molecule has 4 atom stereocenters. The van der Waals surface area contributed by atoms with E-state index in [1.807, 2.05) is 0 Å². The van der Waals surface area contributed by atoms with Gasteiger partial charge >= 0.3 is 24.3 Å². The molecule has 0 saturated heterocycles. The quantitative estimate of drug-likeness (QED) is 0.223. The average molecular weight is 458 g/mol. The summed E-state index contributed by atoms with van der Waals surface area (Å²) in [6.07, 6.45) is -8.30. The minimum absolute atomic E-state index is 0.0581. The summed E-state index contributed by atoms with van der Waals surface area (Å²) >= 11 is 0. The summed E-state index contributed by atoms with van der Waals surface area (Å²) < 4.78 is 89.7. The second kappa shape index (κ2) is 10.7. The Labute approximate surface area is 177 Å². The van der Waals surface area contributed by atoms with E-state index in [1.54, 1.807) is 0 Å². The van der Waals surface area contributed by atoms with Crippen molar-refractivity contribution in [2.45, 2.75) is 95.7 Å². The monoisotopic (exact) mass is 458 g/mol. The van der Waals surface area contributed by atoms with Gasteiger partial charge in [0, 0.05) is 11.6 Å². The number of esters is 2. The van der Waals surface area contributed by atoms with Crippen molar-refractivity contribution in [3.05, 3.63) is 11.6 Å². The number of rotatable bonds is 4. The zero-order valence-corrected chi connectivity index (χ0v) is 17.4. The van der Waals surface area contributed by atoms with Crippen LogP contribution in [0.1, 0.15) is 71.1 Å². The Kier molecular flexibility index (Phi) is 8.83. The summed E-state index contributed by atoms with van der Waals surface area (Å²) in [7, 11) is 0. The lowest BCUT2D eigenvalue weighted by atomic mass is 9.96. The van der Waals surface area contributed by atoms with Gasteiger partial charge in [-0.1, -0.05) is 25.7 Å². The van der Waals surface area contributed by atoms with Crippen LogP contribution < -0.4 is 0 Å². The van der Waals surface area contributed by atoms with Crippen molar-refractivity contribution in [2.75, 3.05) is 0 Å². The highest BCUT2D eigenvalue weighted by Gasteiger charge is 2.47. The Bertz CT molecular complexity index is 655. The third-order valence-corrected chi connectivity index (χ3v) is 5.93. The molecule has 0 aliphatic heterocycles. The maximum absolute atomic E-state index is 13.3. The fourth-order valence-corrected chi connectivity index (χ4v) is 4.23. The third kappa shape index (κ3) is 7.71. The van der Waals surface area contributed by atoms with Crippen molar-refractivity contribution in [1.29, 1.82) is 0 Å². The molecule has 0 aromatic rings. The topological polar surface area (TPSA) is 52.6 Å². The van der Waals surface area contributed by atoms with Crippen LogP contribution in [0.2, 0.25) is 0 Å². The lowest BCUT2D eigenvalue weighted by Gasteiger charge is -2.27. The number of carbonyl (C=O) groups is 2. The Hall–Kier alpha value is -1.74. The Morgan fingerprint density at radius 2 is 1.13 bits per heavy atom. The summed E-state index contributed by atoms with van der Waals surface area (Å²) in [4.78, 5) is 24.4. The first kappa shape index (κ1) is 25.5. The maximum atomic E-state index is 13.3. The fourth-order valence-electron chi connectivity index (χ4n) is 4.23. The lowest BCUT2D eigenvalue weighted by molar-refractivity contribution is -0.210. The van der Waals surface area contributed by atoms with Gasteiger partial charge in [-0.15, -0.1) is 0 Å². The zero-order valence-electron chi connectivity index (χ0n) is 17.4. The normalized spacial score (nSPS) is 28.9. The molecule has 0 spiro atoms. The van der Waals surface area contributed by atoms with E-state index < -0.39 is 48.3 Å². The average Bonchev–Trinajstić information content (AvgIpc) is 3.01. The molecule has 0 aromatic carbocycles. The van der Waals surface area contributed by atoms with E-state index in [0.29, 0.717) is 44.6 Å². The Morgan fingerprint density at radius 3 is 1.58 bits per heavy atom. The standard InChI is InChI=1S/C21H28F6O4/c1-13(19(29)31-17-11-7-3-5-9-15(17)21(25,26)27)12-18(28)30-16-10-6-2-4-8-14(16)20(22,23)24/h12,14-17H,2-11H2,1H3/b13-12+. The molecule has 2 rings (SSSR count). The van der Waals surface area contributed by atoms with Crippen LogP contribution in [0.5, 0.6) is 0 Å². The highest BCUT2D eigenvalue weighted by Crippen LogP contribution is 2.39. The molecule has 0 heterocycles. The number of ether oxygens (including phenoxy) is 2. The summed E-state index contributed by atoms with van der Waals surface area (Å²) in [5.41, 5.74) is -0.313. The molecular weight excluding hydrogens is 430 g/mol. The Morgan fingerprint density at radius 1 is 0.710 bits per heavy atom. The molecule has 0 amide bonds. The fraction of sp³-hybridized carbons (Fsp3) is 0.810. The van der Waals surface area contributed by atoms with Gasteiger partial charge in [-0.2, -0.15) is 26.3 Å². The molecule has 4 unspecified atom stereocenters. The van der Waals surface area contributed by atoms with Gasteiger partial charge in [0.25, 0.3) is 0 Å². The van der Waals surface area contributed by atoms with Gasteiger partial charge < -0.3 is 9.47 Å². The predicted octanol–water partition coefficient (Wildman–Crippen LogP) is 6.04. The van der Waals surface area contributed by atoms with Crippen LogP contribution in [-0.4, -0.2) is 36.5 Å². The number of hydrogen-bond acceptors (Lipinski definition) is 4. The Balaban J connectivity index is 2.03. The van der Waals surface area contributed by atoms with E-state index in [0.717, 1.165) is 6.92 Å². The van der Waals surface area contributed by atoms with Crippen LogP contribution in [0.15, 0.2) is 11.6 Å². The maximum Gasteiger partial charge on any atom is 0.395 e. The highest BCUT2D eigenvalue weighted by atomic mass is 19.4. The first-order chi connectivity index (χ1) is 14.4. The van der Waals surface area contributed by atoms with E-state index in [4.69, 9.17) is 9.47 Å². The van der Waals surface area contributed by atoms with Crippen molar-refractivity contribution < 1.29 is 45.4 Å². The van der Waals surface area contributed by atoms with E-state index in [1.165, 1.54) is 0 Å². The summed E-state index contributed by atoms with van der Waals surface area (Å²) in [5, 5.41) is 0. The summed E-state index contributed by atoms with van der Waals surface area (Å²) in [6.45, 7) is 1.16. The second-order valence-electron chi connectivity index (χ2n) is 8.32. The van der Waals surface area contributed by atoms with Crippen molar-refractivity contribution in [1.82, 2.24) is 0 Å². The van der Waals surface area contributed by atoms with Crippen molar-refractivity contribution in [3.8, 4) is 0 Å². The zero-order chi connectivity index (χ0) is 23.2. The van der Waals surface area contributed by atoms with E-state index in [9.17, 15) is 35.9 Å². The van der Waals surface area contributed by atoms with Crippen LogP contribution in [0, 0.1) is 11.8 Å². The van der Waals surface area contributed by atoms with Crippen LogP contribution in [0.3, 0.4) is 0 Å². The molecule has 10 heteroatoms. The van der Waals surface area contributed by atoms with Crippen molar-refractivity contribution >= 4 is 11.9 Å². The second-order valence-corrected chi connectivity index (χ2v) is 8.32. The predicted molar refractivity (Wildman–Crippen MR) is 98.8 cm³/mol. The number of halogens is 6. The van der Waals surface area contributed by atoms with Gasteiger partial charge in [-0.05, 0) is 45.4 Å². The molecule has 0 aromatic heterocycles. The van der Waals surface area contributed by atoms with Crippen molar-refractivity contribution in [2.24, 2.45) is 11.8 Å². The van der Waals surface area contributed by atoms with Crippen LogP contribution in [-0.2, 0) is 19.1 Å². The number of alkyl halides is 6. The molecule has 0 radical (unpaired) electrons. The minimum atomic E-state index is -4.52. The number of carbonyl (C=O) groups excluding carboxylic acids is 2. The van der Waals surface area contributed by atoms with Gasteiger partial charge in [0.05, 0.1) is 11.8 Å². The molecule has 2 saturated carbocycles.